The van der Waals surface area contributed by atoms with E-state index in [9.17, 15) is 4.79 Å². The molecule has 0 fully saturated rings. The summed E-state index contributed by atoms with van der Waals surface area (Å²) in [5.74, 6) is 0.695. The second kappa shape index (κ2) is 7.44. The second-order valence-corrected chi connectivity index (χ2v) is 6.73. The maximum atomic E-state index is 11.9. The number of rotatable bonds is 4. The van der Waals surface area contributed by atoms with Crippen LogP contribution in [0.5, 0.6) is 0 Å². The highest BCUT2D eigenvalue weighted by molar-refractivity contribution is 6.20. The molecule has 8 heteroatoms. The molecule has 1 aromatic heterocycles. The van der Waals surface area contributed by atoms with Crippen LogP contribution in [0, 0.1) is 0 Å². The normalized spacial score (nSPS) is 12.4. The molecule has 0 aliphatic carbocycles. The first-order valence-corrected chi connectivity index (χ1v) is 7.89. The van der Waals surface area contributed by atoms with Gasteiger partial charge in [0.05, 0.1) is 5.38 Å². The van der Waals surface area contributed by atoms with E-state index >= 15 is 0 Å². The zero-order valence-corrected chi connectivity index (χ0v) is 14.8. The first-order valence-electron chi connectivity index (χ1n) is 7.45. The van der Waals surface area contributed by atoms with Gasteiger partial charge in [0.15, 0.2) is 5.82 Å². The average Bonchev–Trinajstić information content (AvgIpc) is 2.45. The summed E-state index contributed by atoms with van der Waals surface area (Å²) in [6.45, 7) is 7.05. The minimum absolute atomic E-state index is 0.0696. The molecule has 0 radical (unpaired) electrons. The molecule has 0 saturated heterocycles. The standard InChI is InChI=1S/C16H20ClN5O2/c1-10(17)12-19-13(18-11-8-6-5-7-9-11)21-14(20-12)22-15(23)24-16(2,3)4/h5-10H,1-4H3,(H2,18,19,20,21,22,23). The molecule has 0 spiro atoms. The number of halogens is 1. The van der Waals surface area contributed by atoms with Gasteiger partial charge < -0.3 is 10.1 Å². The Kier molecular flexibility index (Phi) is 5.56. The predicted molar refractivity (Wildman–Crippen MR) is 93.7 cm³/mol. The molecule has 1 aromatic carbocycles. The van der Waals surface area contributed by atoms with E-state index in [4.69, 9.17) is 16.3 Å². The van der Waals surface area contributed by atoms with Crippen LogP contribution in [0.4, 0.5) is 22.4 Å². The van der Waals surface area contributed by atoms with Gasteiger partial charge in [0.1, 0.15) is 5.60 Å². The summed E-state index contributed by atoms with van der Waals surface area (Å²) >= 11 is 6.07. The van der Waals surface area contributed by atoms with Gasteiger partial charge in [0.2, 0.25) is 11.9 Å². The molecule has 0 aliphatic heterocycles. The molecule has 24 heavy (non-hydrogen) atoms. The lowest BCUT2D eigenvalue weighted by molar-refractivity contribution is 0.0634. The fourth-order valence-corrected chi connectivity index (χ4v) is 1.83. The summed E-state index contributed by atoms with van der Waals surface area (Å²) < 4.78 is 5.20. The number of carbonyl (C=O) groups is 1. The summed E-state index contributed by atoms with van der Waals surface area (Å²) in [5.41, 5.74) is 0.185. The number of nitrogens with one attached hydrogen (secondary N) is 2. The minimum Gasteiger partial charge on any atom is -0.444 e. The van der Waals surface area contributed by atoms with Gasteiger partial charge in [-0.25, -0.2) is 4.79 Å². The van der Waals surface area contributed by atoms with Crippen molar-refractivity contribution in [2.24, 2.45) is 0 Å². The first kappa shape index (κ1) is 17.9. The van der Waals surface area contributed by atoms with E-state index < -0.39 is 17.1 Å². The summed E-state index contributed by atoms with van der Waals surface area (Å²) in [6.07, 6.45) is -0.646. The van der Waals surface area contributed by atoms with Gasteiger partial charge in [-0.3, -0.25) is 5.32 Å². The lowest BCUT2D eigenvalue weighted by Gasteiger charge is -2.19. The lowest BCUT2D eigenvalue weighted by Crippen LogP contribution is -2.28. The summed E-state index contributed by atoms with van der Waals surface area (Å²) in [6, 6.07) is 9.41. The van der Waals surface area contributed by atoms with Crippen molar-refractivity contribution in [2.45, 2.75) is 38.7 Å². The molecule has 1 heterocycles. The van der Waals surface area contributed by atoms with Crippen molar-refractivity contribution in [3.63, 3.8) is 0 Å². The Morgan fingerprint density at radius 2 is 1.75 bits per heavy atom. The first-order chi connectivity index (χ1) is 11.2. The molecule has 1 atom stereocenters. The van der Waals surface area contributed by atoms with Crippen LogP contribution in [-0.2, 0) is 4.74 Å². The summed E-state index contributed by atoms with van der Waals surface area (Å²) in [4.78, 5) is 24.5. The van der Waals surface area contributed by atoms with E-state index in [-0.39, 0.29) is 11.9 Å². The monoisotopic (exact) mass is 349 g/mol. The van der Waals surface area contributed by atoms with Crippen molar-refractivity contribution in [2.75, 3.05) is 10.6 Å². The third-order valence-corrected chi connectivity index (χ3v) is 2.85. The van der Waals surface area contributed by atoms with Gasteiger partial charge >= 0.3 is 6.09 Å². The minimum atomic E-state index is -0.646. The summed E-state index contributed by atoms with van der Waals surface area (Å²) in [7, 11) is 0. The highest BCUT2D eigenvalue weighted by atomic mass is 35.5. The molecule has 1 amide bonds. The smallest absolute Gasteiger partial charge is 0.414 e. The number of amides is 1. The number of para-hydroxylation sites is 1. The van der Waals surface area contributed by atoms with E-state index in [1.807, 2.05) is 30.3 Å². The predicted octanol–water partition coefficient (Wildman–Crippen LogP) is 4.26. The third-order valence-electron chi connectivity index (χ3n) is 2.65. The second-order valence-electron chi connectivity index (χ2n) is 6.07. The van der Waals surface area contributed by atoms with Crippen LogP contribution in [-0.4, -0.2) is 26.6 Å². The van der Waals surface area contributed by atoms with Crippen molar-refractivity contribution in [3.05, 3.63) is 36.2 Å². The van der Waals surface area contributed by atoms with Crippen LogP contribution in [0.1, 0.15) is 38.9 Å². The molecule has 7 nitrogen and oxygen atoms in total. The molecule has 0 bridgehead atoms. The molecule has 0 saturated carbocycles. The lowest BCUT2D eigenvalue weighted by atomic mass is 10.2. The van der Waals surface area contributed by atoms with Crippen molar-refractivity contribution >= 4 is 35.3 Å². The van der Waals surface area contributed by atoms with E-state index in [1.165, 1.54) is 0 Å². The highest BCUT2D eigenvalue weighted by Crippen LogP contribution is 2.20. The Morgan fingerprint density at radius 3 is 2.33 bits per heavy atom. The molecule has 128 valence electrons. The van der Waals surface area contributed by atoms with E-state index in [0.29, 0.717) is 5.82 Å². The number of ether oxygens (including phenoxy) is 1. The van der Waals surface area contributed by atoms with Crippen LogP contribution in [0.2, 0.25) is 0 Å². The maximum Gasteiger partial charge on any atom is 0.414 e. The molecule has 2 aromatic rings. The quantitative estimate of drug-likeness (QED) is 0.801. The molecular weight excluding hydrogens is 330 g/mol. The number of hydrogen-bond donors (Lipinski definition) is 2. The Labute approximate surface area is 145 Å². The number of aromatic nitrogens is 3. The van der Waals surface area contributed by atoms with Crippen molar-refractivity contribution in [1.82, 2.24) is 15.0 Å². The highest BCUT2D eigenvalue weighted by Gasteiger charge is 2.18. The molecule has 0 aliphatic rings. The Bertz CT molecular complexity index is 701. The van der Waals surface area contributed by atoms with Gasteiger partial charge in [0.25, 0.3) is 0 Å². The van der Waals surface area contributed by atoms with Crippen LogP contribution in [0.15, 0.2) is 30.3 Å². The van der Waals surface area contributed by atoms with Crippen molar-refractivity contribution in [1.29, 1.82) is 0 Å². The fraction of sp³-hybridized carbons (Fsp3) is 0.375. The van der Waals surface area contributed by atoms with Crippen LogP contribution < -0.4 is 10.6 Å². The van der Waals surface area contributed by atoms with Crippen molar-refractivity contribution < 1.29 is 9.53 Å². The number of benzene rings is 1. The van der Waals surface area contributed by atoms with Crippen LogP contribution >= 0.6 is 11.6 Å². The Balaban J connectivity index is 2.23. The number of nitrogens with zero attached hydrogens (tertiary/aromatic N) is 3. The number of anilines is 3. The van der Waals surface area contributed by atoms with Gasteiger partial charge in [-0.15, -0.1) is 11.6 Å². The zero-order chi connectivity index (χ0) is 17.7. The number of carbonyl (C=O) groups excluding carboxylic acids is 1. The molecule has 1 unspecified atom stereocenters. The van der Waals surface area contributed by atoms with Gasteiger partial charge in [0, 0.05) is 5.69 Å². The van der Waals surface area contributed by atoms with E-state index in [0.717, 1.165) is 5.69 Å². The van der Waals surface area contributed by atoms with Crippen LogP contribution in [0.25, 0.3) is 0 Å². The topological polar surface area (TPSA) is 89.0 Å². The van der Waals surface area contributed by atoms with Crippen LogP contribution in [0.3, 0.4) is 0 Å². The zero-order valence-electron chi connectivity index (χ0n) is 14.0. The van der Waals surface area contributed by atoms with Crippen molar-refractivity contribution in [3.8, 4) is 0 Å². The van der Waals surface area contributed by atoms with Gasteiger partial charge in [-0.2, -0.15) is 15.0 Å². The summed E-state index contributed by atoms with van der Waals surface area (Å²) in [5, 5.41) is 5.10. The molecule has 2 rings (SSSR count). The van der Waals surface area contributed by atoms with E-state index in [1.54, 1.807) is 27.7 Å². The molecular formula is C16H20ClN5O2. The molecule has 2 N–H and O–H groups in total. The SMILES string of the molecule is CC(Cl)c1nc(NC(=O)OC(C)(C)C)nc(Nc2ccccc2)n1. The Morgan fingerprint density at radius 1 is 1.12 bits per heavy atom. The maximum absolute atomic E-state index is 11.9. The number of alkyl halides is 1. The fourth-order valence-electron chi connectivity index (χ4n) is 1.73. The average molecular weight is 350 g/mol. The van der Waals surface area contributed by atoms with E-state index in [2.05, 4.69) is 25.6 Å². The number of hydrogen-bond acceptors (Lipinski definition) is 6. The van der Waals surface area contributed by atoms with Gasteiger partial charge in [-0.1, -0.05) is 18.2 Å². The Hall–Kier alpha value is -2.41. The van der Waals surface area contributed by atoms with Gasteiger partial charge in [-0.05, 0) is 39.8 Å². The third kappa shape index (κ3) is 5.66. The largest absolute Gasteiger partial charge is 0.444 e.